The van der Waals surface area contributed by atoms with Crippen molar-refractivity contribution in [1.82, 2.24) is 0 Å². The molecule has 0 fully saturated rings. The van der Waals surface area contributed by atoms with Crippen LogP contribution in [-0.4, -0.2) is 0 Å². The first-order valence-corrected chi connectivity index (χ1v) is 3.04. The van der Waals surface area contributed by atoms with Gasteiger partial charge >= 0.3 is 34.4 Å². The fourth-order valence-electron chi connectivity index (χ4n) is 0. The van der Waals surface area contributed by atoms with Gasteiger partial charge < -0.3 is 0 Å². The van der Waals surface area contributed by atoms with Crippen molar-refractivity contribution < 1.29 is 43.7 Å². The van der Waals surface area contributed by atoms with Crippen LogP contribution >= 0.6 is 7.81 Å². The normalized spacial score (nSPS) is 20.2. The van der Waals surface area contributed by atoms with E-state index in [0.29, 0.717) is 0 Å². The second kappa shape index (κ2) is 1.33. The van der Waals surface area contributed by atoms with E-state index in [9.17, 15) is 25.2 Å². The molecular weight excluding hydrogens is 209 g/mol. The summed E-state index contributed by atoms with van der Waals surface area (Å²) in [6.45, 7) is 0. The van der Waals surface area contributed by atoms with Crippen LogP contribution in [0, 0.1) is 0 Å². The van der Waals surface area contributed by atoms with Crippen LogP contribution in [0.3, 0.4) is 0 Å². The van der Waals surface area contributed by atoms with Gasteiger partial charge in [-0.1, -0.05) is 0 Å². The molecule has 0 amide bonds. The van der Waals surface area contributed by atoms with Crippen molar-refractivity contribution in [2.24, 2.45) is 0 Å². The summed E-state index contributed by atoms with van der Waals surface area (Å²) in [5.74, 6) is 0. The van der Waals surface area contributed by atoms with Crippen molar-refractivity contribution in [2.45, 2.75) is 0 Å². The van der Waals surface area contributed by atoms with Crippen LogP contribution in [0.15, 0.2) is 0 Å². The summed E-state index contributed by atoms with van der Waals surface area (Å²) in [4.78, 5) is 0. The van der Waals surface area contributed by atoms with Gasteiger partial charge in [-0.2, -0.15) is 0 Å². The fourth-order valence-corrected chi connectivity index (χ4v) is 0. The predicted molar refractivity (Wildman–Crippen MR) is 14.7 cm³/mol. The fraction of sp³-hybridized carbons (Fsp3) is 0. The molecule has 0 aromatic heterocycles. The number of halogens is 6. The number of rotatable bonds is 0. The Balaban J connectivity index is -0.000000180. The molecule has 0 heterocycles. The first-order chi connectivity index (χ1) is 2.45. The largest absolute Gasteiger partial charge is 1.00 e. The van der Waals surface area contributed by atoms with Gasteiger partial charge in [0.1, 0.15) is 0 Å². The molecule has 0 N–H and O–H groups in total. The Labute approximate surface area is 52.4 Å². The van der Waals surface area contributed by atoms with Crippen LogP contribution in [0.5, 0.6) is 0 Å². The maximum atomic E-state index is 9.87. The average Bonchev–Trinajstić information content (AvgIpc) is 0.592. The molecule has 8 heavy (non-hydrogen) atoms. The Kier molecular flexibility index (Phi) is 1.89. The summed E-state index contributed by atoms with van der Waals surface area (Å²) in [5.41, 5.74) is 0. The zero-order chi connectivity index (χ0) is 6.41. The third kappa shape index (κ3) is 712. The molecule has 0 saturated carbocycles. The maximum absolute atomic E-state index is 10.7. The van der Waals surface area contributed by atoms with E-state index in [0.717, 1.165) is 0 Å². The average molecular weight is 210 g/mol. The first-order valence-electron chi connectivity index (χ1n) is 1.01. The van der Waals surface area contributed by atoms with Crippen molar-refractivity contribution in [3.05, 3.63) is 0 Å². The zero-order valence-corrected chi connectivity index (χ0v) is 4.85. The minimum Gasteiger partial charge on any atom is 0 e. The molecule has 0 aromatic carbocycles. The van der Waals surface area contributed by atoms with E-state index in [1.54, 1.807) is 0 Å². The van der Waals surface area contributed by atoms with Crippen LogP contribution in [0.1, 0.15) is 1.43 Å². The Bertz CT molecular complexity index is 71.6. The van der Waals surface area contributed by atoms with Crippen LogP contribution in [0.2, 0.25) is 0 Å². The van der Waals surface area contributed by atoms with Crippen molar-refractivity contribution in [3.63, 3.8) is 0 Å². The van der Waals surface area contributed by atoms with Gasteiger partial charge in [-0.3, -0.25) is 0 Å². The summed E-state index contributed by atoms with van der Waals surface area (Å²) in [6.07, 6.45) is 0. The van der Waals surface area contributed by atoms with Gasteiger partial charge in [-0.15, -0.1) is 0 Å². The Hall–Kier alpha value is 0.529. The molecule has 1 radical (unpaired) electrons. The standard InChI is InChI=1S/Cu.F6P/c;1-7(2,3,4,5)6/q;-1/p+1. The minimum atomic E-state index is -10.7. The molecule has 0 aliphatic heterocycles. The summed E-state index contributed by atoms with van der Waals surface area (Å²) in [7, 11) is -10.7. The zero-order valence-electron chi connectivity index (χ0n) is 4.02. The molecule has 0 aliphatic rings. The van der Waals surface area contributed by atoms with Crippen molar-refractivity contribution in [3.8, 4) is 0 Å². The van der Waals surface area contributed by atoms with Gasteiger partial charge in [0.25, 0.3) is 0 Å². The minimum absolute atomic E-state index is 0. The Morgan fingerprint density at radius 2 is 0.750 bits per heavy atom. The van der Waals surface area contributed by atoms with Gasteiger partial charge in [0.05, 0.1) is 0 Å². The van der Waals surface area contributed by atoms with Gasteiger partial charge in [0.2, 0.25) is 0 Å². The molecule has 0 rings (SSSR count). The number of hydrogen-bond acceptors (Lipinski definition) is 0. The summed E-state index contributed by atoms with van der Waals surface area (Å²) in [6, 6.07) is 0. The van der Waals surface area contributed by atoms with E-state index in [-0.39, 0.29) is 18.5 Å². The predicted octanol–water partition coefficient (Wildman–Crippen LogP) is 3.49. The van der Waals surface area contributed by atoms with Crippen molar-refractivity contribution in [1.29, 1.82) is 0 Å². The molecular formula is HCuF6P. The monoisotopic (exact) mass is 209 g/mol. The molecule has 59 valence electrons. The molecule has 0 atom stereocenters. The SMILES string of the molecule is F[P-](F)(F)(F)(F)F.[Cu].[H+]. The van der Waals surface area contributed by atoms with E-state index in [1.165, 1.54) is 0 Å². The quantitative estimate of drug-likeness (QED) is 0.325. The molecule has 8 heteroatoms. The summed E-state index contributed by atoms with van der Waals surface area (Å²) in [5, 5.41) is 0. The van der Waals surface area contributed by atoms with Gasteiger partial charge in [-0.05, 0) is 0 Å². The Morgan fingerprint density at radius 3 is 0.750 bits per heavy atom. The van der Waals surface area contributed by atoms with Crippen molar-refractivity contribution >= 4 is 7.81 Å². The molecule has 0 saturated heterocycles. The van der Waals surface area contributed by atoms with Crippen molar-refractivity contribution in [2.75, 3.05) is 0 Å². The molecule has 0 aromatic rings. The molecule has 0 aliphatic carbocycles. The van der Waals surface area contributed by atoms with E-state index in [2.05, 4.69) is 0 Å². The molecule has 0 unspecified atom stereocenters. The molecule has 0 bridgehead atoms. The second-order valence-corrected chi connectivity index (χ2v) is 2.87. The molecule has 0 spiro atoms. The first kappa shape index (κ1) is 11.3. The third-order valence-corrected chi connectivity index (χ3v) is 0. The topological polar surface area (TPSA) is 0 Å². The van der Waals surface area contributed by atoms with E-state index >= 15 is 0 Å². The van der Waals surface area contributed by atoms with Gasteiger partial charge in [-0.25, -0.2) is 0 Å². The van der Waals surface area contributed by atoms with Crippen LogP contribution in [0.4, 0.5) is 25.2 Å². The third-order valence-electron chi connectivity index (χ3n) is 0. The summed E-state index contributed by atoms with van der Waals surface area (Å²) < 4.78 is 59.2. The Morgan fingerprint density at radius 1 is 0.750 bits per heavy atom. The van der Waals surface area contributed by atoms with E-state index in [1.807, 2.05) is 0 Å². The maximum Gasteiger partial charge on any atom is 1.00 e. The summed E-state index contributed by atoms with van der Waals surface area (Å²) >= 11 is 0. The van der Waals surface area contributed by atoms with Crippen LogP contribution < -0.4 is 0 Å². The van der Waals surface area contributed by atoms with Gasteiger partial charge in [0, 0.05) is 17.1 Å². The van der Waals surface area contributed by atoms with E-state index in [4.69, 9.17) is 0 Å². The number of hydrogen-bond donors (Lipinski definition) is 0. The smallest absolute Gasteiger partial charge is 0 e. The second-order valence-electron chi connectivity index (χ2n) is 0.958. The van der Waals surface area contributed by atoms with E-state index < -0.39 is 7.81 Å². The van der Waals surface area contributed by atoms with Crippen LogP contribution in [-0.2, 0) is 17.1 Å². The van der Waals surface area contributed by atoms with Gasteiger partial charge in [0.15, 0.2) is 0 Å². The van der Waals surface area contributed by atoms with Crippen LogP contribution in [0.25, 0.3) is 0 Å². The molecule has 0 nitrogen and oxygen atoms in total.